The lowest BCUT2D eigenvalue weighted by molar-refractivity contribution is 0.128. The monoisotopic (exact) mass is 341 g/mol. The van der Waals surface area contributed by atoms with E-state index < -0.39 is 6.09 Å². The topological polar surface area (TPSA) is 58.6 Å². The van der Waals surface area contributed by atoms with Gasteiger partial charge in [-0.1, -0.05) is 48.0 Å². The van der Waals surface area contributed by atoms with Crippen LogP contribution in [0.25, 0.3) is 0 Å². The van der Waals surface area contributed by atoms with Gasteiger partial charge in [0.2, 0.25) is 0 Å². The first-order valence-corrected chi connectivity index (χ1v) is 8.64. The van der Waals surface area contributed by atoms with Gasteiger partial charge in [0.25, 0.3) is 0 Å². The molecule has 0 bridgehead atoms. The average molecular weight is 341 g/mol. The molecule has 4 heteroatoms. The van der Waals surface area contributed by atoms with Gasteiger partial charge in [0, 0.05) is 0 Å². The van der Waals surface area contributed by atoms with Crippen LogP contribution < -0.4 is 5.32 Å². The van der Waals surface area contributed by atoms with Gasteiger partial charge in [-0.15, -0.1) is 0 Å². The standard InChI is InChI=1S/C21H27NO3/c1-15-11-16(2)20(17(3)12-15)10-9-19(13-23)22-21(24)25-14-18-7-5-4-6-8-18/h4-8,11-12,19,23H,9-10,13-14H2,1-3H3,(H,22,24)/t19-/m1/s1. The molecule has 25 heavy (non-hydrogen) atoms. The van der Waals surface area contributed by atoms with E-state index >= 15 is 0 Å². The van der Waals surface area contributed by atoms with Gasteiger partial charge in [-0.25, -0.2) is 4.79 Å². The third-order valence-corrected chi connectivity index (χ3v) is 4.34. The molecular formula is C21H27NO3. The number of amides is 1. The normalized spacial score (nSPS) is 11.8. The first-order valence-electron chi connectivity index (χ1n) is 8.64. The fraction of sp³-hybridized carbons (Fsp3) is 0.381. The van der Waals surface area contributed by atoms with Gasteiger partial charge >= 0.3 is 6.09 Å². The highest BCUT2D eigenvalue weighted by Gasteiger charge is 2.14. The van der Waals surface area contributed by atoms with Crippen LogP contribution in [0.2, 0.25) is 0 Å². The Morgan fingerprint density at radius 3 is 2.36 bits per heavy atom. The lowest BCUT2D eigenvalue weighted by Gasteiger charge is -2.18. The Balaban J connectivity index is 1.85. The molecule has 0 heterocycles. The maximum absolute atomic E-state index is 11.9. The van der Waals surface area contributed by atoms with E-state index in [9.17, 15) is 9.90 Å². The second-order valence-corrected chi connectivity index (χ2v) is 6.50. The SMILES string of the molecule is Cc1cc(C)c(CC[C@H](CO)NC(=O)OCc2ccccc2)c(C)c1. The van der Waals surface area contributed by atoms with E-state index in [1.807, 2.05) is 30.3 Å². The molecule has 0 saturated carbocycles. The predicted octanol–water partition coefficient (Wildman–Crippen LogP) is 3.83. The van der Waals surface area contributed by atoms with E-state index in [2.05, 4.69) is 38.2 Å². The summed E-state index contributed by atoms with van der Waals surface area (Å²) in [6.07, 6.45) is 0.976. The van der Waals surface area contributed by atoms with E-state index in [1.165, 1.54) is 22.3 Å². The van der Waals surface area contributed by atoms with E-state index in [1.54, 1.807) is 0 Å². The van der Waals surface area contributed by atoms with Crippen molar-refractivity contribution in [1.82, 2.24) is 5.32 Å². The van der Waals surface area contributed by atoms with Gasteiger partial charge < -0.3 is 15.2 Å². The van der Waals surface area contributed by atoms with Gasteiger partial charge in [0.05, 0.1) is 12.6 Å². The largest absolute Gasteiger partial charge is 0.445 e. The van der Waals surface area contributed by atoms with Crippen molar-refractivity contribution in [2.24, 2.45) is 0 Å². The molecule has 0 aliphatic carbocycles. The molecule has 0 fully saturated rings. The van der Waals surface area contributed by atoms with Crippen LogP contribution in [0.3, 0.4) is 0 Å². The summed E-state index contributed by atoms with van der Waals surface area (Å²) < 4.78 is 5.21. The zero-order valence-corrected chi connectivity index (χ0v) is 15.2. The Kier molecular flexibility index (Phi) is 7.02. The highest BCUT2D eigenvalue weighted by molar-refractivity contribution is 5.67. The fourth-order valence-electron chi connectivity index (χ4n) is 3.06. The second kappa shape index (κ2) is 9.23. The van der Waals surface area contributed by atoms with E-state index in [0.29, 0.717) is 6.42 Å². The summed E-state index contributed by atoms with van der Waals surface area (Å²) in [4.78, 5) is 11.9. The molecule has 0 aromatic heterocycles. The van der Waals surface area contributed by atoms with Gasteiger partial charge in [0.15, 0.2) is 0 Å². The zero-order chi connectivity index (χ0) is 18.2. The molecule has 2 aromatic carbocycles. The summed E-state index contributed by atoms with van der Waals surface area (Å²) in [5.41, 5.74) is 5.97. The summed E-state index contributed by atoms with van der Waals surface area (Å²) in [7, 11) is 0. The maximum Gasteiger partial charge on any atom is 0.407 e. The Morgan fingerprint density at radius 2 is 1.76 bits per heavy atom. The second-order valence-electron chi connectivity index (χ2n) is 6.50. The van der Waals surface area contributed by atoms with Crippen molar-refractivity contribution < 1.29 is 14.6 Å². The van der Waals surface area contributed by atoms with E-state index in [4.69, 9.17) is 4.74 Å². The molecule has 1 amide bonds. The maximum atomic E-state index is 11.9. The molecule has 0 aliphatic heterocycles. The molecule has 0 spiro atoms. The third kappa shape index (κ3) is 5.91. The quantitative estimate of drug-likeness (QED) is 0.804. The Hall–Kier alpha value is -2.33. The average Bonchev–Trinajstić information content (AvgIpc) is 2.58. The van der Waals surface area contributed by atoms with Crippen molar-refractivity contribution in [3.05, 3.63) is 70.3 Å². The highest BCUT2D eigenvalue weighted by atomic mass is 16.5. The van der Waals surface area contributed by atoms with Crippen molar-refractivity contribution in [3.63, 3.8) is 0 Å². The number of rotatable bonds is 7. The minimum Gasteiger partial charge on any atom is -0.445 e. The molecule has 0 aliphatic rings. The number of aryl methyl sites for hydroxylation is 3. The number of hydrogen-bond donors (Lipinski definition) is 2. The van der Waals surface area contributed by atoms with E-state index in [0.717, 1.165) is 12.0 Å². The summed E-state index contributed by atoms with van der Waals surface area (Å²) >= 11 is 0. The minimum absolute atomic E-state index is 0.107. The molecular weight excluding hydrogens is 314 g/mol. The van der Waals surface area contributed by atoms with Crippen LogP contribution in [0.1, 0.15) is 34.2 Å². The number of hydrogen-bond acceptors (Lipinski definition) is 3. The van der Waals surface area contributed by atoms with Gasteiger partial charge in [-0.2, -0.15) is 0 Å². The molecule has 2 rings (SSSR count). The molecule has 134 valence electrons. The number of alkyl carbamates (subject to hydrolysis) is 1. The van der Waals surface area contributed by atoms with Crippen molar-refractivity contribution >= 4 is 6.09 Å². The number of carbonyl (C=O) groups excluding carboxylic acids is 1. The Morgan fingerprint density at radius 1 is 1.12 bits per heavy atom. The molecule has 0 unspecified atom stereocenters. The van der Waals surface area contributed by atoms with Crippen LogP contribution in [0, 0.1) is 20.8 Å². The number of aliphatic hydroxyl groups is 1. The van der Waals surface area contributed by atoms with Gasteiger partial charge in [0.1, 0.15) is 6.61 Å². The Labute approximate surface area is 149 Å². The van der Waals surface area contributed by atoms with Gasteiger partial charge in [-0.05, 0) is 55.9 Å². The highest BCUT2D eigenvalue weighted by Crippen LogP contribution is 2.18. The third-order valence-electron chi connectivity index (χ3n) is 4.34. The lowest BCUT2D eigenvalue weighted by atomic mass is 9.95. The minimum atomic E-state index is -0.500. The summed E-state index contributed by atoms with van der Waals surface area (Å²) in [6.45, 7) is 6.41. The van der Waals surface area contributed by atoms with Crippen molar-refractivity contribution in [2.75, 3.05) is 6.61 Å². The first-order chi connectivity index (χ1) is 12.0. The first kappa shape index (κ1) is 19.0. The van der Waals surface area contributed by atoms with Crippen LogP contribution in [-0.2, 0) is 17.8 Å². The zero-order valence-electron chi connectivity index (χ0n) is 15.2. The molecule has 2 aromatic rings. The van der Waals surface area contributed by atoms with Crippen LogP contribution >= 0.6 is 0 Å². The van der Waals surface area contributed by atoms with Crippen molar-refractivity contribution in [1.29, 1.82) is 0 Å². The number of carbonyl (C=O) groups is 1. The van der Waals surface area contributed by atoms with Crippen LogP contribution in [0.5, 0.6) is 0 Å². The number of ether oxygens (including phenoxy) is 1. The molecule has 4 nitrogen and oxygen atoms in total. The Bertz CT molecular complexity index is 675. The van der Waals surface area contributed by atoms with Crippen LogP contribution in [0.15, 0.2) is 42.5 Å². The predicted molar refractivity (Wildman–Crippen MR) is 99.6 cm³/mol. The molecule has 2 N–H and O–H groups in total. The number of benzene rings is 2. The number of nitrogens with one attached hydrogen (secondary N) is 1. The molecule has 0 saturated heterocycles. The number of aliphatic hydroxyl groups excluding tert-OH is 1. The van der Waals surface area contributed by atoms with Crippen LogP contribution in [0.4, 0.5) is 4.79 Å². The van der Waals surface area contributed by atoms with Crippen molar-refractivity contribution in [3.8, 4) is 0 Å². The smallest absolute Gasteiger partial charge is 0.407 e. The fourth-order valence-corrected chi connectivity index (χ4v) is 3.06. The van der Waals surface area contributed by atoms with E-state index in [-0.39, 0.29) is 19.3 Å². The summed E-state index contributed by atoms with van der Waals surface area (Å²) in [5.74, 6) is 0. The molecule has 0 radical (unpaired) electrons. The van der Waals surface area contributed by atoms with Crippen molar-refractivity contribution in [2.45, 2.75) is 46.3 Å². The van der Waals surface area contributed by atoms with Crippen LogP contribution in [-0.4, -0.2) is 23.8 Å². The summed E-state index contributed by atoms with van der Waals surface area (Å²) in [5, 5.41) is 12.3. The summed E-state index contributed by atoms with van der Waals surface area (Å²) in [6, 6.07) is 13.5. The lowest BCUT2D eigenvalue weighted by Crippen LogP contribution is -2.38. The van der Waals surface area contributed by atoms with Gasteiger partial charge in [-0.3, -0.25) is 0 Å². The molecule has 1 atom stereocenters.